The van der Waals surface area contributed by atoms with E-state index in [4.69, 9.17) is 0 Å². The fourth-order valence-corrected chi connectivity index (χ4v) is 1.82. The molecule has 0 amide bonds. The van der Waals surface area contributed by atoms with Gasteiger partial charge in [0.1, 0.15) is 0 Å². The zero-order chi connectivity index (χ0) is 12.7. The van der Waals surface area contributed by atoms with E-state index in [1.54, 1.807) is 0 Å². The summed E-state index contributed by atoms with van der Waals surface area (Å²) in [6.45, 7) is 12.0. The lowest BCUT2D eigenvalue weighted by atomic mass is 10.2. The SMILES string of the molecule is CCC(C)NCCN(CC)c1ccc(C)cc1. The normalized spacial score (nSPS) is 12.5. The van der Waals surface area contributed by atoms with Gasteiger partial charge in [-0.05, 0) is 39.3 Å². The molecule has 0 radical (unpaired) electrons. The molecule has 17 heavy (non-hydrogen) atoms. The third kappa shape index (κ3) is 4.78. The second-order valence-electron chi connectivity index (χ2n) is 4.68. The fourth-order valence-electron chi connectivity index (χ4n) is 1.82. The van der Waals surface area contributed by atoms with Gasteiger partial charge in [0, 0.05) is 31.4 Å². The van der Waals surface area contributed by atoms with Crippen molar-refractivity contribution in [3.05, 3.63) is 29.8 Å². The van der Waals surface area contributed by atoms with Crippen LogP contribution in [0.5, 0.6) is 0 Å². The summed E-state index contributed by atoms with van der Waals surface area (Å²) >= 11 is 0. The predicted octanol–water partition coefficient (Wildman–Crippen LogP) is 3.21. The Kier molecular flexibility index (Phi) is 6.06. The molecular formula is C15H26N2. The summed E-state index contributed by atoms with van der Waals surface area (Å²) in [6.07, 6.45) is 1.19. The van der Waals surface area contributed by atoms with Crippen LogP contribution in [-0.2, 0) is 0 Å². The van der Waals surface area contributed by atoms with Crippen molar-refractivity contribution in [3.63, 3.8) is 0 Å². The summed E-state index contributed by atoms with van der Waals surface area (Å²) in [5.41, 5.74) is 2.64. The fraction of sp³-hybridized carbons (Fsp3) is 0.600. The molecule has 0 aliphatic rings. The third-order valence-corrected chi connectivity index (χ3v) is 3.27. The highest BCUT2D eigenvalue weighted by Gasteiger charge is 2.04. The summed E-state index contributed by atoms with van der Waals surface area (Å²) < 4.78 is 0. The van der Waals surface area contributed by atoms with E-state index in [0.717, 1.165) is 19.6 Å². The quantitative estimate of drug-likeness (QED) is 0.779. The first-order valence-corrected chi connectivity index (χ1v) is 6.72. The van der Waals surface area contributed by atoms with E-state index in [1.807, 2.05) is 0 Å². The summed E-state index contributed by atoms with van der Waals surface area (Å²) in [5, 5.41) is 3.54. The van der Waals surface area contributed by atoms with Gasteiger partial charge >= 0.3 is 0 Å². The highest BCUT2D eigenvalue weighted by molar-refractivity contribution is 5.47. The van der Waals surface area contributed by atoms with Crippen LogP contribution in [0.4, 0.5) is 5.69 Å². The molecule has 0 heterocycles. The Labute approximate surface area is 106 Å². The van der Waals surface area contributed by atoms with Crippen LogP contribution in [-0.4, -0.2) is 25.7 Å². The van der Waals surface area contributed by atoms with Gasteiger partial charge in [-0.25, -0.2) is 0 Å². The van der Waals surface area contributed by atoms with Gasteiger partial charge in [0.25, 0.3) is 0 Å². The number of likely N-dealkylation sites (N-methyl/N-ethyl adjacent to an activating group) is 1. The van der Waals surface area contributed by atoms with E-state index < -0.39 is 0 Å². The summed E-state index contributed by atoms with van der Waals surface area (Å²) in [7, 11) is 0. The van der Waals surface area contributed by atoms with Crippen LogP contribution in [0, 0.1) is 6.92 Å². The Morgan fingerprint density at radius 1 is 1.18 bits per heavy atom. The van der Waals surface area contributed by atoms with Crippen molar-refractivity contribution in [2.24, 2.45) is 0 Å². The van der Waals surface area contributed by atoms with Gasteiger partial charge in [0.2, 0.25) is 0 Å². The third-order valence-electron chi connectivity index (χ3n) is 3.27. The van der Waals surface area contributed by atoms with Crippen LogP contribution in [0.2, 0.25) is 0 Å². The first-order valence-electron chi connectivity index (χ1n) is 6.72. The van der Waals surface area contributed by atoms with Crippen LogP contribution >= 0.6 is 0 Å². The molecule has 0 fully saturated rings. The largest absolute Gasteiger partial charge is 0.371 e. The Balaban J connectivity index is 2.45. The molecule has 0 bridgehead atoms. The molecule has 0 aliphatic carbocycles. The molecule has 2 heteroatoms. The van der Waals surface area contributed by atoms with Crippen molar-refractivity contribution in [1.82, 2.24) is 5.32 Å². The van der Waals surface area contributed by atoms with Gasteiger partial charge < -0.3 is 10.2 Å². The second kappa shape index (κ2) is 7.33. The molecule has 2 nitrogen and oxygen atoms in total. The lowest BCUT2D eigenvalue weighted by Gasteiger charge is -2.24. The van der Waals surface area contributed by atoms with Crippen molar-refractivity contribution in [2.45, 2.75) is 40.2 Å². The van der Waals surface area contributed by atoms with Gasteiger partial charge in [0.15, 0.2) is 0 Å². The number of hydrogen-bond acceptors (Lipinski definition) is 2. The predicted molar refractivity (Wildman–Crippen MR) is 76.8 cm³/mol. The maximum absolute atomic E-state index is 3.54. The molecule has 1 rings (SSSR count). The zero-order valence-electron chi connectivity index (χ0n) is 11.7. The first-order chi connectivity index (χ1) is 8.17. The Morgan fingerprint density at radius 3 is 2.35 bits per heavy atom. The monoisotopic (exact) mass is 234 g/mol. The molecule has 0 saturated heterocycles. The molecule has 1 aromatic carbocycles. The van der Waals surface area contributed by atoms with Crippen LogP contribution in [0.1, 0.15) is 32.8 Å². The molecule has 0 aromatic heterocycles. The lowest BCUT2D eigenvalue weighted by molar-refractivity contribution is 0.534. The maximum atomic E-state index is 3.54. The van der Waals surface area contributed by atoms with Crippen LogP contribution in [0.25, 0.3) is 0 Å². The number of nitrogens with one attached hydrogen (secondary N) is 1. The Bertz CT molecular complexity index is 305. The molecule has 0 aliphatic heterocycles. The van der Waals surface area contributed by atoms with E-state index in [2.05, 4.69) is 62.2 Å². The maximum Gasteiger partial charge on any atom is 0.0366 e. The minimum Gasteiger partial charge on any atom is -0.371 e. The molecule has 0 saturated carbocycles. The highest BCUT2D eigenvalue weighted by Crippen LogP contribution is 2.14. The molecular weight excluding hydrogens is 208 g/mol. The Hall–Kier alpha value is -1.02. The van der Waals surface area contributed by atoms with Crippen molar-refractivity contribution >= 4 is 5.69 Å². The number of benzene rings is 1. The van der Waals surface area contributed by atoms with E-state index >= 15 is 0 Å². The average molecular weight is 234 g/mol. The van der Waals surface area contributed by atoms with E-state index in [-0.39, 0.29) is 0 Å². The number of hydrogen-bond donors (Lipinski definition) is 1. The van der Waals surface area contributed by atoms with Crippen molar-refractivity contribution in [1.29, 1.82) is 0 Å². The minimum atomic E-state index is 0.617. The molecule has 1 atom stereocenters. The lowest BCUT2D eigenvalue weighted by Crippen LogP contribution is -2.35. The Morgan fingerprint density at radius 2 is 1.82 bits per heavy atom. The van der Waals surface area contributed by atoms with Crippen molar-refractivity contribution in [3.8, 4) is 0 Å². The van der Waals surface area contributed by atoms with E-state index in [0.29, 0.717) is 6.04 Å². The van der Waals surface area contributed by atoms with E-state index in [1.165, 1.54) is 17.7 Å². The van der Waals surface area contributed by atoms with Crippen molar-refractivity contribution in [2.75, 3.05) is 24.5 Å². The number of rotatable bonds is 7. The van der Waals surface area contributed by atoms with Crippen LogP contribution in [0.15, 0.2) is 24.3 Å². The topological polar surface area (TPSA) is 15.3 Å². The van der Waals surface area contributed by atoms with E-state index in [9.17, 15) is 0 Å². The van der Waals surface area contributed by atoms with Crippen LogP contribution < -0.4 is 10.2 Å². The molecule has 0 spiro atoms. The van der Waals surface area contributed by atoms with Gasteiger partial charge in [-0.2, -0.15) is 0 Å². The van der Waals surface area contributed by atoms with Gasteiger partial charge in [-0.3, -0.25) is 0 Å². The standard InChI is InChI=1S/C15H26N2/c1-5-14(4)16-11-12-17(6-2)15-9-7-13(3)8-10-15/h7-10,14,16H,5-6,11-12H2,1-4H3. The zero-order valence-corrected chi connectivity index (χ0v) is 11.7. The van der Waals surface area contributed by atoms with Crippen molar-refractivity contribution < 1.29 is 0 Å². The summed E-state index contributed by atoms with van der Waals surface area (Å²) in [5.74, 6) is 0. The smallest absolute Gasteiger partial charge is 0.0366 e. The summed E-state index contributed by atoms with van der Waals surface area (Å²) in [4.78, 5) is 2.41. The molecule has 1 unspecified atom stereocenters. The average Bonchev–Trinajstić information content (AvgIpc) is 2.35. The number of aryl methyl sites for hydroxylation is 1. The number of anilines is 1. The first kappa shape index (κ1) is 14.0. The highest BCUT2D eigenvalue weighted by atomic mass is 15.1. The molecule has 96 valence electrons. The van der Waals surface area contributed by atoms with Gasteiger partial charge in [-0.15, -0.1) is 0 Å². The summed E-state index contributed by atoms with van der Waals surface area (Å²) in [6, 6.07) is 9.40. The second-order valence-corrected chi connectivity index (χ2v) is 4.68. The van der Waals surface area contributed by atoms with Gasteiger partial charge in [0.05, 0.1) is 0 Å². The minimum absolute atomic E-state index is 0.617. The molecule has 1 aromatic rings. The molecule has 1 N–H and O–H groups in total. The van der Waals surface area contributed by atoms with Gasteiger partial charge in [-0.1, -0.05) is 24.6 Å². The number of nitrogens with zero attached hydrogens (tertiary/aromatic N) is 1. The van der Waals surface area contributed by atoms with Crippen LogP contribution in [0.3, 0.4) is 0 Å².